The highest BCUT2D eigenvalue weighted by molar-refractivity contribution is 7.98. The monoisotopic (exact) mass is 488 g/mol. The molecule has 2 atom stereocenters. The van der Waals surface area contributed by atoms with Crippen molar-refractivity contribution in [3.8, 4) is 11.5 Å². The maximum atomic E-state index is 6.64. The summed E-state index contributed by atoms with van der Waals surface area (Å²) in [5.74, 6) is 2.32. The van der Waals surface area contributed by atoms with E-state index in [1.165, 1.54) is 11.8 Å². The van der Waals surface area contributed by atoms with Crippen LogP contribution >= 0.6 is 23.4 Å². The molecule has 0 saturated carbocycles. The summed E-state index contributed by atoms with van der Waals surface area (Å²) in [5, 5.41) is 9.78. The van der Waals surface area contributed by atoms with Crippen molar-refractivity contribution in [3.05, 3.63) is 100 Å². The topological polar surface area (TPSA) is 61.2 Å². The summed E-state index contributed by atoms with van der Waals surface area (Å²) in [6.45, 7) is 0. The lowest BCUT2D eigenvalue weighted by Gasteiger charge is -2.39. The van der Waals surface area contributed by atoms with E-state index in [9.17, 15) is 0 Å². The SMILES string of the molecule is COc1ccc([C@H]2C3=C(Nc4nc(SC)nn42)c2ccccc2O[C@H]3c2ccc(Cl)cc2)cc1. The number of hydrogen-bond donors (Lipinski definition) is 1. The summed E-state index contributed by atoms with van der Waals surface area (Å²) in [6.07, 6.45) is 1.64. The van der Waals surface area contributed by atoms with Gasteiger partial charge in [-0.15, -0.1) is 5.10 Å². The Kier molecular flexibility index (Phi) is 5.23. The number of benzene rings is 3. The van der Waals surface area contributed by atoms with Gasteiger partial charge in [0.1, 0.15) is 23.6 Å². The molecule has 1 N–H and O–H groups in total. The van der Waals surface area contributed by atoms with Crippen LogP contribution in [0.25, 0.3) is 5.70 Å². The lowest BCUT2D eigenvalue weighted by molar-refractivity contribution is 0.223. The highest BCUT2D eigenvalue weighted by Crippen LogP contribution is 2.51. The molecule has 6 rings (SSSR count). The van der Waals surface area contributed by atoms with Crippen LogP contribution in [0.1, 0.15) is 28.8 Å². The summed E-state index contributed by atoms with van der Waals surface area (Å²) in [4.78, 5) is 4.74. The molecule has 0 spiro atoms. The number of rotatable bonds is 4. The number of nitrogens with one attached hydrogen (secondary N) is 1. The van der Waals surface area contributed by atoms with Crippen LogP contribution in [0.2, 0.25) is 5.02 Å². The van der Waals surface area contributed by atoms with Gasteiger partial charge in [-0.3, -0.25) is 0 Å². The Bertz CT molecular complexity index is 1400. The molecular formula is C26H21ClN4O2S. The zero-order valence-electron chi connectivity index (χ0n) is 18.5. The summed E-state index contributed by atoms with van der Waals surface area (Å²) in [7, 11) is 1.67. The van der Waals surface area contributed by atoms with E-state index in [-0.39, 0.29) is 12.1 Å². The molecule has 1 aromatic heterocycles. The van der Waals surface area contributed by atoms with Crippen LogP contribution in [-0.4, -0.2) is 28.1 Å². The summed E-state index contributed by atoms with van der Waals surface area (Å²) in [6, 6.07) is 23.8. The van der Waals surface area contributed by atoms with Crippen molar-refractivity contribution in [2.24, 2.45) is 0 Å². The van der Waals surface area contributed by atoms with E-state index in [0.29, 0.717) is 16.1 Å². The number of thioether (sulfide) groups is 1. The predicted octanol–water partition coefficient (Wildman–Crippen LogP) is 6.22. The molecule has 0 unspecified atom stereocenters. The average molecular weight is 489 g/mol. The lowest BCUT2D eigenvalue weighted by Crippen LogP contribution is -2.32. The van der Waals surface area contributed by atoms with Gasteiger partial charge in [-0.1, -0.05) is 59.8 Å². The number of aromatic nitrogens is 3. The third-order valence-electron chi connectivity index (χ3n) is 6.15. The fraction of sp³-hybridized carbons (Fsp3) is 0.154. The van der Waals surface area contributed by atoms with Crippen molar-refractivity contribution in [3.63, 3.8) is 0 Å². The molecule has 3 aromatic carbocycles. The molecule has 0 bridgehead atoms. The first kappa shape index (κ1) is 21.1. The molecule has 0 radical (unpaired) electrons. The molecule has 0 saturated heterocycles. The molecule has 170 valence electrons. The second-order valence-corrected chi connectivity index (χ2v) is 9.25. The lowest BCUT2D eigenvalue weighted by atomic mass is 9.84. The van der Waals surface area contributed by atoms with Gasteiger partial charge in [-0.05, 0) is 53.8 Å². The second-order valence-electron chi connectivity index (χ2n) is 8.04. The number of nitrogens with zero attached hydrogens (tertiary/aromatic N) is 3. The number of para-hydroxylation sites is 1. The quantitative estimate of drug-likeness (QED) is 0.344. The van der Waals surface area contributed by atoms with E-state index < -0.39 is 0 Å². The molecule has 4 aromatic rings. The number of methoxy groups -OCH3 is 1. The van der Waals surface area contributed by atoms with Crippen LogP contribution in [0.5, 0.6) is 11.5 Å². The number of hydrogen-bond acceptors (Lipinski definition) is 6. The Morgan fingerprint density at radius 1 is 1.00 bits per heavy atom. The van der Waals surface area contributed by atoms with Gasteiger partial charge in [0.05, 0.1) is 12.8 Å². The van der Waals surface area contributed by atoms with Gasteiger partial charge >= 0.3 is 0 Å². The van der Waals surface area contributed by atoms with Crippen LogP contribution in [0.3, 0.4) is 0 Å². The van der Waals surface area contributed by atoms with Gasteiger partial charge < -0.3 is 14.8 Å². The molecule has 0 fully saturated rings. The first-order valence-electron chi connectivity index (χ1n) is 10.8. The third kappa shape index (κ3) is 3.43. The smallest absolute Gasteiger partial charge is 0.227 e. The molecule has 2 aliphatic heterocycles. The standard InChI is InChI=1S/C26H21ClN4O2S/c1-32-18-13-9-15(10-14-18)23-21-22(28-25-29-26(34-2)30-31(23)25)19-5-3-4-6-20(19)33-24(21)16-7-11-17(27)12-8-16/h3-14,23-24H,1-2H3,(H,28,29,30)/t23-,24-/m0/s1. The van der Waals surface area contributed by atoms with Crippen LogP contribution < -0.4 is 14.8 Å². The molecule has 2 aliphatic rings. The summed E-state index contributed by atoms with van der Waals surface area (Å²) in [5.41, 5.74) is 5.14. The minimum absolute atomic E-state index is 0.223. The fourth-order valence-corrected chi connectivity index (χ4v) is 5.04. The normalized spacial score (nSPS) is 18.3. The predicted molar refractivity (Wildman–Crippen MR) is 135 cm³/mol. The van der Waals surface area contributed by atoms with Crippen molar-refractivity contribution in [2.75, 3.05) is 18.7 Å². The minimum Gasteiger partial charge on any atom is -0.497 e. The second kappa shape index (κ2) is 8.42. The maximum absolute atomic E-state index is 6.64. The van der Waals surface area contributed by atoms with Gasteiger partial charge in [0.15, 0.2) is 0 Å². The fourth-order valence-electron chi connectivity index (χ4n) is 4.56. The van der Waals surface area contributed by atoms with Crippen molar-refractivity contribution in [2.45, 2.75) is 17.3 Å². The van der Waals surface area contributed by atoms with Gasteiger partial charge in [0, 0.05) is 16.2 Å². The Morgan fingerprint density at radius 2 is 1.74 bits per heavy atom. The van der Waals surface area contributed by atoms with Gasteiger partial charge in [-0.25, -0.2) is 4.68 Å². The highest BCUT2D eigenvalue weighted by Gasteiger charge is 2.41. The molecule has 8 heteroatoms. The largest absolute Gasteiger partial charge is 0.497 e. The van der Waals surface area contributed by atoms with Crippen LogP contribution in [0, 0.1) is 0 Å². The zero-order valence-corrected chi connectivity index (χ0v) is 20.1. The molecule has 34 heavy (non-hydrogen) atoms. The Hall–Kier alpha value is -3.42. The van der Waals surface area contributed by atoms with E-state index in [0.717, 1.165) is 39.5 Å². The Labute approximate surface area is 206 Å². The van der Waals surface area contributed by atoms with E-state index in [1.807, 2.05) is 65.5 Å². The molecule has 6 nitrogen and oxygen atoms in total. The average Bonchev–Trinajstić information content (AvgIpc) is 3.30. The summed E-state index contributed by atoms with van der Waals surface area (Å²) >= 11 is 7.72. The summed E-state index contributed by atoms with van der Waals surface area (Å²) < 4.78 is 14.0. The minimum atomic E-state index is -0.336. The van der Waals surface area contributed by atoms with Crippen molar-refractivity contribution in [1.82, 2.24) is 14.8 Å². The number of fused-ring (bicyclic) bond motifs is 3. The number of halogens is 1. The third-order valence-corrected chi connectivity index (χ3v) is 6.94. The van der Waals surface area contributed by atoms with Crippen molar-refractivity contribution in [1.29, 1.82) is 0 Å². The van der Waals surface area contributed by atoms with E-state index in [1.54, 1.807) is 7.11 Å². The van der Waals surface area contributed by atoms with Crippen molar-refractivity contribution >= 4 is 35.0 Å². The van der Waals surface area contributed by atoms with Crippen molar-refractivity contribution < 1.29 is 9.47 Å². The molecular weight excluding hydrogens is 468 g/mol. The van der Waals surface area contributed by atoms with Gasteiger partial charge in [0.25, 0.3) is 0 Å². The Balaban J connectivity index is 1.61. The molecule has 3 heterocycles. The first-order chi connectivity index (χ1) is 16.7. The highest BCUT2D eigenvalue weighted by atomic mass is 35.5. The first-order valence-corrected chi connectivity index (χ1v) is 12.4. The van der Waals surface area contributed by atoms with Gasteiger partial charge in [0.2, 0.25) is 11.1 Å². The number of ether oxygens (including phenoxy) is 2. The van der Waals surface area contributed by atoms with E-state index in [2.05, 4.69) is 23.5 Å². The number of anilines is 1. The van der Waals surface area contributed by atoms with Crippen LogP contribution in [-0.2, 0) is 0 Å². The molecule has 0 amide bonds. The van der Waals surface area contributed by atoms with Crippen LogP contribution in [0.4, 0.5) is 5.95 Å². The Morgan fingerprint density at radius 3 is 2.47 bits per heavy atom. The van der Waals surface area contributed by atoms with Crippen LogP contribution in [0.15, 0.2) is 83.5 Å². The molecule has 0 aliphatic carbocycles. The zero-order chi connectivity index (χ0) is 23.2. The van der Waals surface area contributed by atoms with E-state index in [4.69, 9.17) is 31.2 Å². The van der Waals surface area contributed by atoms with Gasteiger partial charge in [-0.2, -0.15) is 4.98 Å². The maximum Gasteiger partial charge on any atom is 0.227 e. The van der Waals surface area contributed by atoms with E-state index >= 15 is 0 Å².